The van der Waals surface area contributed by atoms with E-state index in [0.29, 0.717) is 24.5 Å². The van der Waals surface area contributed by atoms with Crippen molar-refractivity contribution in [3.63, 3.8) is 0 Å². The zero-order valence-corrected chi connectivity index (χ0v) is 15.1. The standard InChI is InChI=1S/C17H19ClN4O2S/c18-16-13-3-1-2-4-14(13)21-17(16)15-9-19-11-22(15)7-6-20-12-5-8-25(23,24)10-12/h1-4,9,11-12,20-21H,5-8,10H2/t12-/m1/s1. The largest absolute Gasteiger partial charge is 0.352 e. The summed E-state index contributed by atoms with van der Waals surface area (Å²) in [5, 5.41) is 5.00. The monoisotopic (exact) mass is 378 g/mol. The molecule has 0 spiro atoms. The molecule has 6 nitrogen and oxygen atoms in total. The Labute approximate surface area is 151 Å². The fraction of sp³-hybridized carbons (Fsp3) is 0.353. The van der Waals surface area contributed by atoms with Crippen LogP contribution >= 0.6 is 11.6 Å². The molecule has 3 heterocycles. The first-order valence-electron chi connectivity index (χ1n) is 8.24. The van der Waals surface area contributed by atoms with Gasteiger partial charge in [-0.2, -0.15) is 0 Å². The maximum atomic E-state index is 11.5. The summed E-state index contributed by atoms with van der Waals surface area (Å²) in [6, 6.07) is 7.96. The molecule has 1 aliphatic rings. The van der Waals surface area contributed by atoms with Crippen molar-refractivity contribution in [2.24, 2.45) is 0 Å². The quantitative estimate of drug-likeness (QED) is 0.714. The Morgan fingerprint density at radius 2 is 2.20 bits per heavy atom. The molecule has 2 N–H and O–H groups in total. The molecule has 132 valence electrons. The van der Waals surface area contributed by atoms with Crippen molar-refractivity contribution in [1.82, 2.24) is 19.9 Å². The van der Waals surface area contributed by atoms with Crippen molar-refractivity contribution in [2.75, 3.05) is 18.1 Å². The second-order valence-corrected chi connectivity index (χ2v) is 8.99. The van der Waals surface area contributed by atoms with Crippen LogP contribution in [0.2, 0.25) is 5.02 Å². The minimum atomic E-state index is -2.86. The zero-order chi connectivity index (χ0) is 17.4. The highest BCUT2D eigenvalue weighted by Gasteiger charge is 2.27. The van der Waals surface area contributed by atoms with E-state index in [9.17, 15) is 8.42 Å². The van der Waals surface area contributed by atoms with E-state index in [4.69, 9.17) is 11.6 Å². The third-order valence-electron chi connectivity index (χ3n) is 4.63. The second kappa shape index (κ2) is 6.48. The number of nitrogens with one attached hydrogen (secondary N) is 2. The molecule has 0 radical (unpaired) electrons. The lowest BCUT2D eigenvalue weighted by atomic mass is 10.2. The van der Waals surface area contributed by atoms with E-state index in [1.807, 2.05) is 28.8 Å². The number of hydrogen-bond donors (Lipinski definition) is 2. The summed E-state index contributed by atoms with van der Waals surface area (Å²) in [4.78, 5) is 7.60. The van der Waals surface area contributed by atoms with Gasteiger partial charge in [0.2, 0.25) is 0 Å². The zero-order valence-electron chi connectivity index (χ0n) is 13.6. The molecule has 1 aliphatic heterocycles. The van der Waals surface area contributed by atoms with Crippen LogP contribution in [0.5, 0.6) is 0 Å². The molecular formula is C17H19ClN4O2S. The maximum Gasteiger partial charge on any atom is 0.151 e. The Bertz CT molecular complexity index is 1010. The topological polar surface area (TPSA) is 79.8 Å². The summed E-state index contributed by atoms with van der Waals surface area (Å²) < 4.78 is 25.1. The molecule has 0 saturated carbocycles. The normalized spacial score (nSPS) is 19.6. The third-order valence-corrected chi connectivity index (χ3v) is 6.79. The first-order chi connectivity index (χ1) is 12.0. The van der Waals surface area contributed by atoms with Gasteiger partial charge in [-0.3, -0.25) is 0 Å². The van der Waals surface area contributed by atoms with Crippen LogP contribution in [0.1, 0.15) is 6.42 Å². The van der Waals surface area contributed by atoms with E-state index >= 15 is 0 Å². The van der Waals surface area contributed by atoms with Crippen LogP contribution in [-0.2, 0) is 16.4 Å². The van der Waals surface area contributed by atoms with Crippen molar-refractivity contribution < 1.29 is 8.42 Å². The number of rotatable bonds is 5. The SMILES string of the molecule is O=S1(=O)CC[C@@H](NCCn2cncc2-c2[nH]c3ccccc3c2Cl)C1. The highest BCUT2D eigenvalue weighted by atomic mass is 35.5. The van der Waals surface area contributed by atoms with E-state index in [2.05, 4.69) is 15.3 Å². The molecule has 0 amide bonds. The number of sulfone groups is 1. The van der Waals surface area contributed by atoms with Crippen molar-refractivity contribution in [1.29, 1.82) is 0 Å². The van der Waals surface area contributed by atoms with Gasteiger partial charge in [-0.1, -0.05) is 29.8 Å². The van der Waals surface area contributed by atoms with Crippen molar-refractivity contribution in [3.05, 3.63) is 41.8 Å². The second-order valence-electron chi connectivity index (χ2n) is 6.39. The Morgan fingerprint density at radius 1 is 1.36 bits per heavy atom. The summed E-state index contributed by atoms with van der Waals surface area (Å²) in [6.45, 7) is 1.37. The summed E-state index contributed by atoms with van der Waals surface area (Å²) in [6.07, 6.45) is 4.24. The summed E-state index contributed by atoms with van der Waals surface area (Å²) >= 11 is 6.53. The van der Waals surface area contributed by atoms with E-state index < -0.39 is 9.84 Å². The molecule has 1 fully saturated rings. The highest BCUT2D eigenvalue weighted by molar-refractivity contribution is 7.91. The Kier molecular flexibility index (Phi) is 4.31. The van der Waals surface area contributed by atoms with Crippen molar-refractivity contribution in [2.45, 2.75) is 19.0 Å². The fourth-order valence-electron chi connectivity index (χ4n) is 3.34. The molecule has 0 unspecified atom stereocenters. The van der Waals surface area contributed by atoms with Crippen LogP contribution in [0.15, 0.2) is 36.8 Å². The van der Waals surface area contributed by atoms with Gasteiger partial charge in [-0.15, -0.1) is 0 Å². The lowest BCUT2D eigenvalue weighted by Crippen LogP contribution is -2.32. The van der Waals surface area contributed by atoms with Gasteiger partial charge in [0, 0.05) is 30.0 Å². The minimum absolute atomic E-state index is 0.0497. The van der Waals surface area contributed by atoms with Crippen LogP contribution in [0, 0.1) is 0 Å². The molecular weight excluding hydrogens is 360 g/mol. The molecule has 3 aromatic rings. The number of aromatic amines is 1. The summed E-state index contributed by atoms with van der Waals surface area (Å²) in [5.41, 5.74) is 2.76. The Morgan fingerprint density at radius 3 is 2.96 bits per heavy atom. The molecule has 2 aromatic heterocycles. The molecule has 0 aliphatic carbocycles. The fourth-order valence-corrected chi connectivity index (χ4v) is 5.35. The van der Waals surface area contributed by atoms with E-state index in [1.165, 1.54) is 0 Å². The Balaban J connectivity index is 1.50. The number of H-pyrrole nitrogens is 1. The van der Waals surface area contributed by atoms with Crippen molar-refractivity contribution in [3.8, 4) is 11.4 Å². The van der Waals surface area contributed by atoms with E-state index in [0.717, 1.165) is 22.3 Å². The number of para-hydroxylation sites is 1. The summed E-state index contributed by atoms with van der Waals surface area (Å²) in [5.74, 6) is 0.517. The average molecular weight is 379 g/mol. The van der Waals surface area contributed by atoms with Gasteiger partial charge < -0.3 is 14.9 Å². The summed E-state index contributed by atoms with van der Waals surface area (Å²) in [7, 11) is -2.86. The molecule has 25 heavy (non-hydrogen) atoms. The van der Waals surface area contributed by atoms with Gasteiger partial charge in [0.1, 0.15) is 0 Å². The first-order valence-corrected chi connectivity index (χ1v) is 10.4. The lowest BCUT2D eigenvalue weighted by Gasteiger charge is -2.12. The van der Waals surface area contributed by atoms with Crippen LogP contribution in [-0.4, -0.2) is 47.0 Å². The first kappa shape index (κ1) is 16.6. The molecule has 1 atom stereocenters. The molecule has 1 saturated heterocycles. The van der Waals surface area contributed by atoms with Gasteiger partial charge >= 0.3 is 0 Å². The smallest absolute Gasteiger partial charge is 0.151 e. The Hall–Kier alpha value is -1.83. The minimum Gasteiger partial charge on any atom is -0.352 e. The van der Waals surface area contributed by atoms with Gasteiger partial charge in [-0.25, -0.2) is 13.4 Å². The highest BCUT2D eigenvalue weighted by Crippen LogP contribution is 2.34. The van der Waals surface area contributed by atoms with E-state index in [-0.39, 0.29) is 17.5 Å². The van der Waals surface area contributed by atoms with Crippen LogP contribution in [0.25, 0.3) is 22.3 Å². The average Bonchev–Trinajstić information content (AvgIpc) is 3.26. The number of fused-ring (bicyclic) bond motifs is 1. The van der Waals surface area contributed by atoms with E-state index in [1.54, 1.807) is 12.5 Å². The molecule has 0 bridgehead atoms. The number of imidazole rings is 1. The van der Waals surface area contributed by atoms with Gasteiger partial charge in [0.25, 0.3) is 0 Å². The number of aromatic nitrogens is 3. The number of hydrogen-bond acceptors (Lipinski definition) is 4. The van der Waals surface area contributed by atoms with Crippen LogP contribution < -0.4 is 5.32 Å². The molecule has 4 rings (SSSR count). The van der Waals surface area contributed by atoms with Gasteiger partial charge in [0.15, 0.2) is 9.84 Å². The van der Waals surface area contributed by atoms with Gasteiger partial charge in [-0.05, 0) is 12.5 Å². The molecule has 1 aromatic carbocycles. The van der Waals surface area contributed by atoms with Gasteiger partial charge in [0.05, 0.1) is 40.4 Å². The predicted molar refractivity (Wildman–Crippen MR) is 99.6 cm³/mol. The number of halogens is 1. The van der Waals surface area contributed by atoms with Crippen LogP contribution in [0.4, 0.5) is 0 Å². The van der Waals surface area contributed by atoms with Crippen LogP contribution in [0.3, 0.4) is 0 Å². The number of nitrogens with zero attached hydrogens (tertiary/aromatic N) is 2. The maximum absolute atomic E-state index is 11.5. The third kappa shape index (κ3) is 3.31. The predicted octanol–water partition coefficient (Wildman–Crippen LogP) is 2.46. The molecule has 8 heteroatoms. The van der Waals surface area contributed by atoms with Crippen molar-refractivity contribution >= 4 is 32.3 Å². The lowest BCUT2D eigenvalue weighted by molar-refractivity contribution is 0.521. The number of benzene rings is 1.